The Hall–Kier alpha value is -0.120. The van der Waals surface area contributed by atoms with Gasteiger partial charge in [0.05, 0.1) is 12.2 Å². The molecule has 0 fully saturated rings. The van der Waals surface area contributed by atoms with Gasteiger partial charge in [-0.2, -0.15) is 0 Å². The Bertz CT molecular complexity index is 74.2. The topological polar surface area (TPSA) is 61.0 Å². The van der Waals surface area contributed by atoms with Crippen molar-refractivity contribution in [1.82, 2.24) is 0 Å². The Morgan fingerprint density at radius 1 is 0.923 bits per heavy atom. The van der Waals surface area contributed by atoms with Gasteiger partial charge >= 0.3 is 0 Å². The molecule has 0 rings (SSSR count). The van der Waals surface area contributed by atoms with Crippen LogP contribution in [0.25, 0.3) is 0 Å². The molecule has 3 heteroatoms. The minimum atomic E-state index is 0. The van der Waals surface area contributed by atoms with Gasteiger partial charge in [0.1, 0.15) is 0 Å². The third-order valence-corrected chi connectivity index (χ3v) is 0.909. The van der Waals surface area contributed by atoms with Crippen molar-refractivity contribution < 1.29 is 15.3 Å². The molecule has 0 saturated heterocycles. The molecule has 0 heterocycles. The van der Waals surface area contributed by atoms with Crippen molar-refractivity contribution in [1.29, 1.82) is 0 Å². The number of hydrogen-bond acceptors (Lipinski definition) is 2. The van der Waals surface area contributed by atoms with Gasteiger partial charge in [0.2, 0.25) is 0 Å². The molecule has 0 spiro atoms. The molecule has 0 unspecified atom stereocenters. The maximum atomic E-state index is 8.14. The Labute approximate surface area is 82.4 Å². The molecule has 0 aliphatic carbocycles. The average molecular weight is 194 g/mol. The van der Waals surface area contributed by atoms with Crippen molar-refractivity contribution in [2.75, 3.05) is 6.61 Å². The minimum absolute atomic E-state index is 0. The summed E-state index contributed by atoms with van der Waals surface area (Å²) < 4.78 is 5.25. The molecule has 0 amide bonds. The van der Waals surface area contributed by atoms with E-state index in [0.29, 0.717) is 24.7 Å². The zero-order valence-electron chi connectivity index (χ0n) is 9.79. The van der Waals surface area contributed by atoms with Crippen molar-refractivity contribution in [3.05, 3.63) is 0 Å². The lowest BCUT2D eigenvalue weighted by molar-refractivity contribution is 0.0300. The van der Waals surface area contributed by atoms with Crippen molar-refractivity contribution in [3.8, 4) is 0 Å². The first-order valence-corrected chi connectivity index (χ1v) is 4.66. The van der Waals surface area contributed by atoms with Gasteiger partial charge in [0, 0.05) is 6.61 Å². The van der Waals surface area contributed by atoms with Gasteiger partial charge in [0.25, 0.3) is 0 Å². The van der Waals surface area contributed by atoms with Crippen molar-refractivity contribution in [2.45, 2.75) is 53.8 Å². The zero-order valence-corrected chi connectivity index (χ0v) is 9.79. The van der Waals surface area contributed by atoms with Crippen LogP contribution in [0.5, 0.6) is 0 Å². The number of hydrogen-bond donors (Lipinski definition) is 1. The highest BCUT2D eigenvalue weighted by Crippen LogP contribution is 1.93. The molecule has 84 valence electrons. The highest BCUT2D eigenvalue weighted by atomic mass is 16.5. The number of aliphatic hydroxyl groups excluding tert-OH is 1. The van der Waals surface area contributed by atoms with Crippen LogP contribution in [0.4, 0.5) is 0 Å². The molecule has 0 bridgehead atoms. The second-order valence-electron chi connectivity index (χ2n) is 3.81. The SMILES string of the molecule is CC(C)CO.CC(C)OC(C)C.O. The second-order valence-corrected chi connectivity index (χ2v) is 3.81. The summed E-state index contributed by atoms with van der Waals surface area (Å²) in [6.45, 7) is 12.4. The molecule has 0 aliphatic rings. The first-order chi connectivity index (χ1) is 5.40. The van der Waals surface area contributed by atoms with E-state index < -0.39 is 0 Å². The van der Waals surface area contributed by atoms with Crippen molar-refractivity contribution in [2.24, 2.45) is 5.92 Å². The molecular weight excluding hydrogens is 168 g/mol. The van der Waals surface area contributed by atoms with E-state index in [4.69, 9.17) is 9.84 Å². The van der Waals surface area contributed by atoms with E-state index in [2.05, 4.69) is 0 Å². The molecule has 3 N–H and O–H groups in total. The summed E-state index contributed by atoms with van der Waals surface area (Å²) in [5.41, 5.74) is 0. The van der Waals surface area contributed by atoms with Crippen molar-refractivity contribution in [3.63, 3.8) is 0 Å². The molecule has 0 radical (unpaired) electrons. The van der Waals surface area contributed by atoms with Gasteiger partial charge in [-0.05, 0) is 33.6 Å². The lowest BCUT2D eigenvalue weighted by Gasteiger charge is -2.09. The summed E-state index contributed by atoms with van der Waals surface area (Å²) >= 11 is 0. The van der Waals surface area contributed by atoms with Gasteiger partial charge in [-0.3, -0.25) is 0 Å². The number of aliphatic hydroxyl groups is 1. The van der Waals surface area contributed by atoms with E-state index in [1.165, 1.54) is 0 Å². The van der Waals surface area contributed by atoms with Crippen LogP contribution in [0.1, 0.15) is 41.5 Å². The van der Waals surface area contributed by atoms with Gasteiger partial charge in [0.15, 0.2) is 0 Å². The van der Waals surface area contributed by atoms with Crippen LogP contribution in [0.3, 0.4) is 0 Å². The maximum absolute atomic E-state index is 8.14. The highest BCUT2D eigenvalue weighted by Gasteiger charge is 1.94. The van der Waals surface area contributed by atoms with Crippen LogP contribution in [0, 0.1) is 5.92 Å². The van der Waals surface area contributed by atoms with Crippen LogP contribution in [-0.4, -0.2) is 29.4 Å². The zero-order chi connectivity index (χ0) is 10.1. The van der Waals surface area contributed by atoms with Crippen LogP contribution in [-0.2, 0) is 4.74 Å². The Morgan fingerprint density at radius 3 is 1.15 bits per heavy atom. The second kappa shape index (κ2) is 11.9. The van der Waals surface area contributed by atoms with Crippen molar-refractivity contribution >= 4 is 0 Å². The Morgan fingerprint density at radius 2 is 1.15 bits per heavy atom. The summed E-state index contributed by atoms with van der Waals surface area (Å²) in [6.07, 6.45) is 0.750. The van der Waals surface area contributed by atoms with Crippen LogP contribution >= 0.6 is 0 Å². The van der Waals surface area contributed by atoms with Crippen LogP contribution in [0.15, 0.2) is 0 Å². The monoisotopic (exact) mass is 194 g/mol. The number of rotatable bonds is 3. The summed E-state index contributed by atoms with van der Waals surface area (Å²) in [7, 11) is 0. The number of ether oxygens (including phenoxy) is 1. The summed E-state index contributed by atoms with van der Waals surface area (Å²) in [5, 5.41) is 8.14. The predicted molar refractivity (Wildman–Crippen MR) is 56.9 cm³/mol. The van der Waals surface area contributed by atoms with E-state index in [-0.39, 0.29) is 5.48 Å². The normalized spacial score (nSPS) is 9.69. The minimum Gasteiger partial charge on any atom is -0.412 e. The van der Waals surface area contributed by atoms with Gasteiger partial charge in [-0.1, -0.05) is 13.8 Å². The first-order valence-electron chi connectivity index (χ1n) is 4.66. The fraction of sp³-hybridized carbons (Fsp3) is 1.00. The lowest BCUT2D eigenvalue weighted by Crippen LogP contribution is -2.09. The average Bonchev–Trinajstić information content (AvgIpc) is 1.85. The molecule has 0 aromatic rings. The summed E-state index contributed by atoms with van der Waals surface area (Å²) in [4.78, 5) is 0. The summed E-state index contributed by atoms with van der Waals surface area (Å²) in [6, 6.07) is 0. The van der Waals surface area contributed by atoms with E-state index in [1.807, 2.05) is 41.5 Å². The molecular formula is C10H26O3. The fourth-order valence-electron chi connectivity index (χ4n) is 0.544. The fourth-order valence-corrected chi connectivity index (χ4v) is 0.544. The standard InChI is InChI=1S/C6H14O.C4H10O.H2O/c1-5(2)7-6(3)4;1-4(2)3-5;/h5-6H,1-4H3;4-5H,3H2,1-2H3;1H2. The maximum Gasteiger partial charge on any atom is 0.0522 e. The highest BCUT2D eigenvalue weighted by molar-refractivity contribution is 4.40. The first kappa shape index (κ1) is 18.6. The molecule has 0 aromatic carbocycles. The quantitative estimate of drug-likeness (QED) is 0.742. The molecule has 0 saturated carbocycles. The third-order valence-electron chi connectivity index (χ3n) is 0.909. The Kier molecular flexibility index (Phi) is 17.0. The van der Waals surface area contributed by atoms with E-state index in [9.17, 15) is 0 Å². The van der Waals surface area contributed by atoms with E-state index in [0.717, 1.165) is 0 Å². The van der Waals surface area contributed by atoms with Crippen LogP contribution in [0.2, 0.25) is 0 Å². The molecule has 3 nitrogen and oxygen atoms in total. The van der Waals surface area contributed by atoms with Gasteiger partial charge in [-0.15, -0.1) is 0 Å². The predicted octanol–water partition coefficient (Wildman–Crippen LogP) is 1.63. The third kappa shape index (κ3) is 33.5. The molecule has 0 aliphatic heterocycles. The Balaban J connectivity index is -0.000000150. The molecule has 0 aromatic heterocycles. The van der Waals surface area contributed by atoms with E-state index in [1.54, 1.807) is 0 Å². The van der Waals surface area contributed by atoms with E-state index >= 15 is 0 Å². The molecule has 13 heavy (non-hydrogen) atoms. The molecule has 0 atom stereocenters. The van der Waals surface area contributed by atoms with Gasteiger partial charge in [-0.25, -0.2) is 0 Å². The largest absolute Gasteiger partial charge is 0.412 e. The summed E-state index contributed by atoms with van der Waals surface area (Å²) in [5.74, 6) is 0.440. The van der Waals surface area contributed by atoms with Crippen LogP contribution < -0.4 is 0 Å². The lowest BCUT2D eigenvalue weighted by atomic mass is 10.2. The smallest absolute Gasteiger partial charge is 0.0522 e. The van der Waals surface area contributed by atoms with Gasteiger partial charge < -0.3 is 15.3 Å².